The van der Waals surface area contributed by atoms with Crippen molar-refractivity contribution in [3.05, 3.63) is 35.9 Å². The predicted octanol–water partition coefficient (Wildman–Crippen LogP) is 1.70. The molecule has 0 aromatic heterocycles. The summed E-state index contributed by atoms with van der Waals surface area (Å²) in [6, 6.07) is 7.38. The molecule has 0 aliphatic carbocycles. The van der Waals surface area contributed by atoms with Crippen LogP contribution in [0.3, 0.4) is 0 Å². The minimum absolute atomic E-state index is 0.0489. The monoisotopic (exact) mass is 289 g/mol. The van der Waals surface area contributed by atoms with Crippen LogP contribution in [0, 0.1) is 0 Å². The Bertz CT molecular complexity index is 495. The fourth-order valence-corrected chi connectivity index (χ4v) is 1.59. The molecule has 1 aromatic rings. The zero-order chi connectivity index (χ0) is 15.7. The van der Waals surface area contributed by atoms with Gasteiger partial charge in [0.05, 0.1) is 0 Å². The number of amides is 2. The van der Waals surface area contributed by atoms with Crippen LogP contribution in [0.15, 0.2) is 30.3 Å². The summed E-state index contributed by atoms with van der Waals surface area (Å²) in [4.78, 5) is 23.1. The van der Waals surface area contributed by atoms with E-state index in [9.17, 15) is 9.59 Å². The van der Waals surface area contributed by atoms with Crippen LogP contribution < -0.4 is 16.4 Å². The second kappa shape index (κ2) is 8.79. The van der Waals surface area contributed by atoms with Crippen LogP contribution >= 0.6 is 0 Å². The summed E-state index contributed by atoms with van der Waals surface area (Å²) >= 11 is 0. The highest BCUT2D eigenvalue weighted by atomic mass is 16.2. The molecule has 5 nitrogen and oxygen atoms in total. The normalized spacial score (nSPS) is 12.1. The predicted molar refractivity (Wildman–Crippen MR) is 85.4 cm³/mol. The first-order chi connectivity index (χ1) is 10.0. The summed E-state index contributed by atoms with van der Waals surface area (Å²) in [5.41, 5.74) is 7.16. The minimum Gasteiger partial charge on any atom is -0.399 e. The Kier molecular flexibility index (Phi) is 7.01. The molecule has 2 amide bonds. The van der Waals surface area contributed by atoms with Crippen molar-refractivity contribution in [2.45, 2.75) is 32.7 Å². The van der Waals surface area contributed by atoms with Gasteiger partial charge in [0.25, 0.3) is 0 Å². The van der Waals surface area contributed by atoms with Crippen molar-refractivity contribution in [1.82, 2.24) is 10.6 Å². The van der Waals surface area contributed by atoms with Crippen LogP contribution in [0.5, 0.6) is 0 Å². The van der Waals surface area contributed by atoms with Crippen LogP contribution in [0.25, 0.3) is 6.08 Å². The van der Waals surface area contributed by atoms with Crippen LogP contribution in [-0.4, -0.2) is 24.4 Å². The average Bonchev–Trinajstić information content (AvgIpc) is 2.46. The Morgan fingerprint density at radius 1 is 1.29 bits per heavy atom. The maximum Gasteiger partial charge on any atom is 0.244 e. The molecule has 0 fully saturated rings. The van der Waals surface area contributed by atoms with Gasteiger partial charge in [-0.1, -0.05) is 19.1 Å². The Labute approximate surface area is 125 Å². The average molecular weight is 289 g/mol. The number of nitrogens with two attached hydrogens (primary N) is 1. The van der Waals surface area contributed by atoms with Gasteiger partial charge < -0.3 is 16.4 Å². The molecule has 1 atom stereocenters. The molecule has 1 unspecified atom stereocenters. The lowest BCUT2D eigenvalue weighted by atomic mass is 10.2. The van der Waals surface area contributed by atoms with E-state index < -0.39 is 0 Å². The number of anilines is 1. The molecule has 0 spiro atoms. The quantitative estimate of drug-likeness (QED) is 0.527. The van der Waals surface area contributed by atoms with E-state index in [1.54, 1.807) is 18.2 Å². The van der Waals surface area contributed by atoms with E-state index in [-0.39, 0.29) is 24.3 Å². The number of nitrogen functional groups attached to an aromatic ring is 1. The molecular weight excluding hydrogens is 266 g/mol. The van der Waals surface area contributed by atoms with E-state index in [1.807, 2.05) is 26.0 Å². The summed E-state index contributed by atoms with van der Waals surface area (Å²) in [5.74, 6) is -0.268. The van der Waals surface area contributed by atoms with E-state index in [2.05, 4.69) is 10.6 Å². The summed E-state index contributed by atoms with van der Waals surface area (Å²) < 4.78 is 0. The van der Waals surface area contributed by atoms with Gasteiger partial charge >= 0.3 is 0 Å². The maximum absolute atomic E-state index is 11.6. The maximum atomic E-state index is 11.6. The molecule has 0 aliphatic heterocycles. The number of carbonyl (C=O) groups is 2. The molecule has 0 bridgehead atoms. The van der Waals surface area contributed by atoms with Crippen molar-refractivity contribution in [3.8, 4) is 0 Å². The van der Waals surface area contributed by atoms with Crippen molar-refractivity contribution in [1.29, 1.82) is 0 Å². The van der Waals surface area contributed by atoms with Gasteiger partial charge in [-0.25, -0.2) is 0 Å². The highest BCUT2D eigenvalue weighted by molar-refractivity contribution is 5.92. The molecule has 4 N–H and O–H groups in total. The van der Waals surface area contributed by atoms with Gasteiger partial charge in [-0.2, -0.15) is 0 Å². The van der Waals surface area contributed by atoms with Crippen LogP contribution in [0.1, 0.15) is 32.3 Å². The van der Waals surface area contributed by atoms with Crippen molar-refractivity contribution < 1.29 is 9.59 Å². The fraction of sp³-hybridized carbons (Fsp3) is 0.375. The number of hydrogen-bond donors (Lipinski definition) is 3. The largest absolute Gasteiger partial charge is 0.399 e. The van der Waals surface area contributed by atoms with Gasteiger partial charge in [0.2, 0.25) is 11.8 Å². The molecule has 0 aliphatic rings. The summed E-state index contributed by atoms with van der Waals surface area (Å²) in [5, 5.41) is 5.52. The van der Waals surface area contributed by atoms with E-state index >= 15 is 0 Å². The summed E-state index contributed by atoms with van der Waals surface area (Å²) in [6.07, 6.45) is 4.32. The molecule has 0 saturated heterocycles. The molecule has 1 aromatic carbocycles. The first-order valence-electron chi connectivity index (χ1n) is 7.12. The number of nitrogens with one attached hydrogen (secondary N) is 2. The topological polar surface area (TPSA) is 84.2 Å². The van der Waals surface area contributed by atoms with Crippen LogP contribution in [0.4, 0.5) is 5.69 Å². The lowest BCUT2D eigenvalue weighted by Crippen LogP contribution is -2.34. The first kappa shape index (κ1) is 16.8. The number of benzene rings is 1. The Morgan fingerprint density at radius 2 is 1.95 bits per heavy atom. The smallest absolute Gasteiger partial charge is 0.244 e. The molecule has 21 heavy (non-hydrogen) atoms. The first-order valence-corrected chi connectivity index (χ1v) is 7.12. The Morgan fingerprint density at radius 3 is 2.57 bits per heavy atom. The van der Waals surface area contributed by atoms with Crippen molar-refractivity contribution in [3.63, 3.8) is 0 Å². The molecule has 5 heteroatoms. The third-order valence-corrected chi connectivity index (χ3v) is 3.03. The second-order valence-electron chi connectivity index (χ2n) is 4.92. The fourth-order valence-electron chi connectivity index (χ4n) is 1.59. The van der Waals surface area contributed by atoms with E-state index in [4.69, 9.17) is 5.73 Å². The number of carbonyl (C=O) groups excluding carboxylic acids is 2. The number of rotatable bonds is 7. The van der Waals surface area contributed by atoms with E-state index in [0.29, 0.717) is 12.2 Å². The van der Waals surface area contributed by atoms with Gasteiger partial charge in [-0.05, 0) is 37.1 Å². The van der Waals surface area contributed by atoms with Crippen LogP contribution in [0.2, 0.25) is 0 Å². The summed E-state index contributed by atoms with van der Waals surface area (Å²) in [6.45, 7) is 4.29. The SMILES string of the molecule is CCC(C)NC(=O)CCNC(=O)/C=C/c1ccc(N)cc1. The molecule has 114 valence electrons. The lowest BCUT2D eigenvalue weighted by Gasteiger charge is -2.11. The van der Waals surface area contributed by atoms with Crippen LogP contribution in [-0.2, 0) is 9.59 Å². The van der Waals surface area contributed by atoms with E-state index in [1.165, 1.54) is 6.08 Å². The Hall–Kier alpha value is -2.30. The zero-order valence-corrected chi connectivity index (χ0v) is 12.6. The van der Waals surface area contributed by atoms with Crippen molar-refractivity contribution in [2.24, 2.45) is 0 Å². The summed E-state index contributed by atoms with van der Waals surface area (Å²) in [7, 11) is 0. The molecule has 0 radical (unpaired) electrons. The standard InChI is InChI=1S/C16H23N3O2/c1-3-12(2)19-16(21)10-11-18-15(20)9-6-13-4-7-14(17)8-5-13/h4-9,12H,3,10-11,17H2,1-2H3,(H,18,20)(H,19,21)/b9-6+. The lowest BCUT2D eigenvalue weighted by molar-refractivity contribution is -0.121. The van der Waals surface area contributed by atoms with Gasteiger partial charge in [0.1, 0.15) is 0 Å². The van der Waals surface area contributed by atoms with Gasteiger partial charge in [-0.15, -0.1) is 0 Å². The Balaban J connectivity index is 2.28. The van der Waals surface area contributed by atoms with Crippen molar-refractivity contribution >= 4 is 23.6 Å². The van der Waals surface area contributed by atoms with Gasteiger partial charge in [-0.3, -0.25) is 9.59 Å². The molecule has 0 heterocycles. The highest BCUT2D eigenvalue weighted by Crippen LogP contribution is 2.06. The highest BCUT2D eigenvalue weighted by Gasteiger charge is 2.05. The minimum atomic E-state index is -0.219. The molecule has 0 saturated carbocycles. The van der Waals surface area contributed by atoms with Gasteiger partial charge in [0, 0.05) is 30.8 Å². The van der Waals surface area contributed by atoms with Gasteiger partial charge in [0.15, 0.2) is 0 Å². The van der Waals surface area contributed by atoms with Crippen molar-refractivity contribution in [2.75, 3.05) is 12.3 Å². The molecular formula is C16H23N3O2. The zero-order valence-electron chi connectivity index (χ0n) is 12.6. The van der Waals surface area contributed by atoms with E-state index in [0.717, 1.165) is 12.0 Å². The molecule has 1 rings (SSSR count). The number of hydrogen-bond acceptors (Lipinski definition) is 3. The third-order valence-electron chi connectivity index (χ3n) is 3.03. The second-order valence-corrected chi connectivity index (χ2v) is 4.92. The third kappa shape index (κ3) is 7.15.